The van der Waals surface area contributed by atoms with Crippen LogP contribution in [0.4, 0.5) is 0 Å². The molecule has 182 valence electrons. The summed E-state index contributed by atoms with van der Waals surface area (Å²) in [7, 11) is -4.04. The predicted molar refractivity (Wildman–Crippen MR) is 126 cm³/mol. The summed E-state index contributed by atoms with van der Waals surface area (Å²) in [6.07, 6.45) is 18.6. The second-order valence-electron chi connectivity index (χ2n) is 8.32. The molecular formula is C23H50NO5P. The average Bonchev–Trinajstić information content (AvgIpc) is 2.71. The molecule has 0 aromatic heterocycles. The lowest BCUT2D eigenvalue weighted by atomic mass is 10.0. The molecule has 0 aliphatic rings. The van der Waals surface area contributed by atoms with Crippen LogP contribution in [-0.2, 0) is 13.6 Å². The molecule has 30 heavy (non-hydrogen) atoms. The van der Waals surface area contributed by atoms with Gasteiger partial charge in [-0.1, -0.05) is 104 Å². The zero-order chi connectivity index (χ0) is 22.3. The van der Waals surface area contributed by atoms with Crippen molar-refractivity contribution in [2.75, 3.05) is 26.3 Å². The van der Waals surface area contributed by atoms with Gasteiger partial charge in [-0.15, -0.1) is 0 Å². The van der Waals surface area contributed by atoms with E-state index in [2.05, 4.69) is 19.2 Å². The Morgan fingerprint density at radius 3 is 1.70 bits per heavy atom. The van der Waals surface area contributed by atoms with Crippen LogP contribution in [-0.4, -0.2) is 42.4 Å². The minimum absolute atomic E-state index is 0.0339. The van der Waals surface area contributed by atoms with Gasteiger partial charge in [-0.2, -0.15) is 0 Å². The number of aliphatic hydroxyl groups is 1. The highest BCUT2D eigenvalue weighted by Gasteiger charge is 2.26. The van der Waals surface area contributed by atoms with E-state index in [4.69, 9.17) is 14.2 Å². The molecular weight excluding hydrogens is 401 g/mol. The number of rotatable bonds is 24. The van der Waals surface area contributed by atoms with Crippen LogP contribution in [0.5, 0.6) is 0 Å². The van der Waals surface area contributed by atoms with Gasteiger partial charge in [0.25, 0.3) is 0 Å². The number of nitrogens with one attached hydrogen (secondary N) is 1. The Hall–Kier alpha value is 0.0300. The maximum absolute atomic E-state index is 12.3. The van der Waals surface area contributed by atoms with Crippen molar-refractivity contribution in [2.45, 2.75) is 123 Å². The monoisotopic (exact) mass is 451 g/mol. The molecule has 0 amide bonds. The smallest absolute Gasteiger partial charge is 0.395 e. The highest BCUT2D eigenvalue weighted by Crippen LogP contribution is 2.45. The first kappa shape index (κ1) is 30.0. The van der Waals surface area contributed by atoms with E-state index in [0.29, 0.717) is 13.1 Å². The molecule has 3 N–H and O–H groups in total. The zero-order valence-corrected chi connectivity index (χ0v) is 20.7. The number of unbranched alkanes of at least 4 members (excludes halogenated alkanes) is 12. The van der Waals surface area contributed by atoms with Crippen LogP contribution in [0.2, 0.25) is 0 Å². The molecule has 0 heterocycles. The highest BCUT2D eigenvalue weighted by atomic mass is 31.2. The second kappa shape index (κ2) is 22.2. The van der Waals surface area contributed by atoms with Gasteiger partial charge < -0.3 is 15.3 Å². The van der Waals surface area contributed by atoms with Crippen molar-refractivity contribution in [2.24, 2.45) is 0 Å². The molecule has 0 aromatic carbocycles. The van der Waals surface area contributed by atoms with Gasteiger partial charge in [-0.05, 0) is 12.8 Å². The van der Waals surface area contributed by atoms with E-state index >= 15 is 0 Å². The molecule has 0 radical (unpaired) electrons. The third-order valence-corrected chi connectivity index (χ3v) is 6.44. The average molecular weight is 452 g/mol. The molecule has 0 saturated heterocycles. The van der Waals surface area contributed by atoms with Gasteiger partial charge >= 0.3 is 7.82 Å². The van der Waals surface area contributed by atoms with Gasteiger partial charge in [0.2, 0.25) is 0 Å². The summed E-state index contributed by atoms with van der Waals surface area (Å²) in [5.74, 6) is 0. The first-order chi connectivity index (χ1) is 14.6. The second-order valence-corrected chi connectivity index (χ2v) is 9.73. The molecule has 0 aromatic rings. The van der Waals surface area contributed by atoms with Gasteiger partial charge in [0, 0.05) is 13.1 Å². The van der Waals surface area contributed by atoms with E-state index in [1.807, 2.05) is 0 Å². The molecule has 0 rings (SSSR count). The SMILES string of the molecule is CCCCCCCCCCC(CCCCCCCC)OP(=O)(O)OCCNCCO. The molecule has 6 nitrogen and oxygen atoms in total. The fraction of sp³-hybridized carbons (Fsp3) is 1.00. The molecule has 7 heteroatoms. The summed E-state index contributed by atoms with van der Waals surface area (Å²) in [5.41, 5.74) is 0. The molecule has 0 saturated carbocycles. The van der Waals surface area contributed by atoms with Crippen LogP contribution in [0.25, 0.3) is 0 Å². The molecule has 0 aliphatic heterocycles. The van der Waals surface area contributed by atoms with Crippen molar-refractivity contribution in [3.63, 3.8) is 0 Å². The van der Waals surface area contributed by atoms with Crippen LogP contribution in [0, 0.1) is 0 Å². The Labute approximate surface area is 186 Å². The van der Waals surface area contributed by atoms with Crippen molar-refractivity contribution in [1.82, 2.24) is 5.32 Å². The topological polar surface area (TPSA) is 88.0 Å². The lowest BCUT2D eigenvalue weighted by Crippen LogP contribution is -2.23. The summed E-state index contributed by atoms with van der Waals surface area (Å²) < 4.78 is 22.9. The first-order valence-electron chi connectivity index (χ1n) is 12.5. The van der Waals surface area contributed by atoms with E-state index in [0.717, 1.165) is 38.5 Å². The minimum atomic E-state index is -4.04. The summed E-state index contributed by atoms with van der Waals surface area (Å²) in [6.45, 7) is 5.43. The molecule has 0 bridgehead atoms. The van der Waals surface area contributed by atoms with Crippen LogP contribution in [0.1, 0.15) is 117 Å². The van der Waals surface area contributed by atoms with Crippen molar-refractivity contribution in [1.29, 1.82) is 0 Å². The van der Waals surface area contributed by atoms with Gasteiger partial charge in [0.15, 0.2) is 0 Å². The first-order valence-corrected chi connectivity index (χ1v) is 14.0. The van der Waals surface area contributed by atoms with Crippen LogP contribution < -0.4 is 5.32 Å². The quantitative estimate of drug-likeness (QED) is 0.117. The number of hydrogen-bond donors (Lipinski definition) is 3. The fourth-order valence-electron chi connectivity index (χ4n) is 3.56. The lowest BCUT2D eigenvalue weighted by Gasteiger charge is -2.21. The third-order valence-electron chi connectivity index (χ3n) is 5.36. The van der Waals surface area contributed by atoms with Gasteiger partial charge in [-0.25, -0.2) is 4.57 Å². The third kappa shape index (κ3) is 21.3. The molecule has 2 atom stereocenters. The van der Waals surface area contributed by atoms with Crippen LogP contribution in [0.15, 0.2) is 0 Å². The van der Waals surface area contributed by atoms with Gasteiger partial charge in [0.05, 0.1) is 19.3 Å². The van der Waals surface area contributed by atoms with Gasteiger partial charge in [-0.3, -0.25) is 9.05 Å². The summed E-state index contributed by atoms with van der Waals surface area (Å²) in [5, 5.41) is 11.7. The van der Waals surface area contributed by atoms with Gasteiger partial charge in [0.1, 0.15) is 0 Å². The Morgan fingerprint density at radius 1 is 0.767 bits per heavy atom. The number of hydrogen-bond acceptors (Lipinski definition) is 5. The normalized spacial score (nSPS) is 14.7. The predicted octanol–water partition coefficient (Wildman–Crippen LogP) is 6.35. The van der Waals surface area contributed by atoms with E-state index in [9.17, 15) is 9.46 Å². The summed E-state index contributed by atoms with van der Waals surface area (Å²) in [6, 6.07) is 0. The molecule has 0 fully saturated rings. The minimum Gasteiger partial charge on any atom is -0.395 e. The molecule has 0 aliphatic carbocycles. The molecule has 0 spiro atoms. The number of phosphoric acid groups is 1. The zero-order valence-electron chi connectivity index (χ0n) is 19.8. The Morgan fingerprint density at radius 2 is 1.23 bits per heavy atom. The maximum Gasteiger partial charge on any atom is 0.472 e. The fourth-order valence-corrected chi connectivity index (χ4v) is 4.53. The Bertz CT molecular complexity index is 398. The van der Waals surface area contributed by atoms with E-state index < -0.39 is 7.82 Å². The largest absolute Gasteiger partial charge is 0.472 e. The maximum atomic E-state index is 12.3. The number of aliphatic hydroxyl groups excluding tert-OH is 1. The Kier molecular flexibility index (Phi) is 22.3. The van der Waals surface area contributed by atoms with E-state index in [1.54, 1.807) is 0 Å². The van der Waals surface area contributed by atoms with Crippen LogP contribution >= 0.6 is 7.82 Å². The van der Waals surface area contributed by atoms with Crippen molar-refractivity contribution < 1.29 is 23.6 Å². The van der Waals surface area contributed by atoms with Crippen molar-refractivity contribution in [3.05, 3.63) is 0 Å². The van der Waals surface area contributed by atoms with Crippen molar-refractivity contribution >= 4 is 7.82 Å². The van der Waals surface area contributed by atoms with Crippen LogP contribution in [0.3, 0.4) is 0 Å². The standard InChI is InChI=1S/C23H50NO5P/c1-3-5-7-9-11-12-14-16-18-23(17-15-13-10-8-6-4-2)29-30(26,27)28-22-20-24-19-21-25/h23-25H,3-22H2,1-2H3,(H,26,27). The van der Waals surface area contributed by atoms with Crippen molar-refractivity contribution in [3.8, 4) is 0 Å². The summed E-state index contributed by atoms with van der Waals surface area (Å²) in [4.78, 5) is 10.1. The summed E-state index contributed by atoms with van der Waals surface area (Å²) >= 11 is 0. The highest BCUT2D eigenvalue weighted by molar-refractivity contribution is 7.47. The Balaban J connectivity index is 4.19. The van der Waals surface area contributed by atoms with E-state index in [1.165, 1.54) is 64.2 Å². The number of phosphoric ester groups is 1. The van der Waals surface area contributed by atoms with E-state index in [-0.39, 0.29) is 19.3 Å². The molecule has 2 unspecified atom stereocenters. The lowest BCUT2D eigenvalue weighted by molar-refractivity contribution is 0.0913.